The summed E-state index contributed by atoms with van der Waals surface area (Å²) in [6.45, 7) is 9.82. The van der Waals surface area contributed by atoms with Crippen molar-refractivity contribution in [3.8, 4) is 0 Å². The van der Waals surface area contributed by atoms with Crippen molar-refractivity contribution in [1.82, 2.24) is 5.32 Å². The highest BCUT2D eigenvalue weighted by Gasteiger charge is 2.20. The first-order valence-corrected chi connectivity index (χ1v) is 12.4. The molecule has 1 heteroatoms. The summed E-state index contributed by atoms with van der Waals surface area (Å²) in [5.74, 6) is 2.80. The van der Waals surface area contributed by atoms with Gasteiger partial charge in [-0.25, -0.2) is 0 Å². The highest BCUT2D eigenvalue weighted by atomic mass is 14.9. The van der Waals surface area contributed by atoms with Gasteiger partial charge in [-0.1, -0.05) is 117 Å². The monoisotopic (exact) mass is 365 g/mol. The smallest absolute Gasteiger partial charge is 0.00199 e. The Balaban J connectivity index is 1.78. The van der Waals surface area contributed by atoms with Gasteiger partial charge >= 0.3 is 0 Å². The molecule has 1 fully saturated rings. The quantitative estimate of drug-likeness (QED) is 0.242. The summed E-state index contributed by atoms with van der Waals surface area (Å²) < 4.78 is 0. The van der Waals surface area contributed by atoms with Gasteiger partial charge in [0.2, 0.25) is 0 Å². The summed E-state index contributed by atoms with van der Waals surface area (Å²) in [5.41, 5.74) is 0. The molecule has 0 bridgehead atoms. The fourth-order valence-electron chi connectivity index (χ4n) is 4.62. The molecule has 1 nitrogen and oxygen atoms in total. The van der Waals surface area contributed by atoms with Gasteiger partial charge in [-0.15, -0.1) is 0 Å². The number of rotatable bonds is 18. The molecule has 0 amide bonds. The summed E-state index contributed by atoms with van der Waals surface area (Å²) in [6, 6.07) is 0. The molecule has 156 valence electrons. The van der Waals surface area contributed by atoms with E-state index < -0.39 is 0 Å². The molecule has 1 saturated heterocycles. The fourth-order valence-corrected chi connectivity index (χ4v) is 4.62. The van der Waals surface area contributed by atoms with E-state index in [0.717, 1.165) is 17.8 Å². The second kappa shape index (κ2) is 17.1. The minimum absolute atomic E-state index is 0.918. The first-order valence-electron chi connectivity index (χ1n) is 12.4. The van der Waals surface area contributed by atoms with Gasteiger partial charge in [-0.2, -0.15) is 0 Å². The minimum atomic E-state index is 0.918. The van der Waals surface area contributed by atoms with E-state index in [0.29, 0.717) is 0 Å². The number of nitrogens with one attached hydrogen (secondary N) is 1. The molecule has 0 spiro atoms. The van der Waals surface area contributed by atoms with Crippen LogP contribution in [0.5, 0.6) is 0 Å². The van der Waals surface area contributed by atoms with E-state index in [1.165, 1.54) is 122 Å². The molecule has 1 N–H and O–H groups in total. The van der Waals surface area contributed by atoms with Crippen molar-refractivity contribution in [2.24, 2.45) is 17.8 Å². The van der Waals surface area contributed by atoms with Crippen LogP contribution in [-0.2, 0) is 0 Å². The number of hydrogen-bond donors (Lipinski definition) is 1. The standard InChI is InChI=1S/C25H51N/c1-4-5-6-7-8-9-10-11-12-13-14-15-16-17-18-23(2)24(3)21-25-19-20-26-22-25/h23-26H,4-22H2,1-3H3. The van der Waals surface area contributed by atoms with E-state index in [9.17, 15) is 0 Å². The van der Waals surface area contributed by atoms with Gasteiger partial charge in [0.25, 0.3) is 0 Å². The van der Waals surface area contributed by atoms with Crippen LogP contribution >= 0.6 is 0 Å². The zero-order valence-electron chi connectivity index (χ0n) is 18.7. The highest BCUT2D eigenvalue weighted by Crippen LogP contribution is 2.27. The number of hydrogen-bond acceptors (Lipinski definition) is 1. The SMILES string of the molecule is CCCCCCCCCCCCCCCCC(C)C(C)CC1CCNC1. The second-order valence-corrected chi connectivity index (χ2v) is 9.43. The molecular formula is C25H51N. The molecule has 1 heterocycles. The lowest BCUT2D eigenvalue weighted by Gasteiger charge is -2.22. The maximum Gasteiger partial charge on any atom is -0.00199 e. The lowest BCUT2D eigenvalue weighted by atomic mass is 9.83. The molecule has 0 saturated carbocycles. The van der Waals surface area contributed by atoms with E-state index in [1.54, 1.807) is 0 Å². The minimum Gasteiger partial charge on any atom is -0.316 e. The molecule has 1 rings (SSSR count). The van der Waals surface area contributed by atoms with E-state index in [4.69, 9.17) is 0 Å². The molecule has 0 aromatic rings. The van der Waals surface area contributed by atoms with Crippen LogP contribution in [0.3, 0.4) is 0 Å². The maximum absolute atomic E-state index is 3.51. The van der Waals surface area contributed by atoms with E-state index >= 15 is 0 Å². The Bertz CT molecular complexity index is 282. The van der Waals surface area contributed by atoms with Gasteiger partial charge in [-0.3, -0.25) is 0 Å². The molecule has 3 unspecified atom stereocenters. The van der Waals surface area contributed by atoms with Crippen molar-refractivity contribution in [3.63, 3.8) is 0 Å². The Morgan fingerprint density at radius 2 is 1.19 bits per heavy atom. The molecule has 1 aliphatic rings. The molecule has 26 heavy (non-hydrogen) atoms. The molecule has 0 radical (unpaired) electrons. The molecular weight excluding hydrogens is 314 g/mol. The molecule has 1 aliphatic heterocycles. The number of unbranched alkanes of at least 4 members (excludes halogenated alkanes) is 13. The van der Waals surface area contributed by atoms with Crippen molar-refractivity contribution in [2.45, 2.75) is 130 Å². The average Bonchev–Trinajstić information content (AvgIpc) is 3.14. The zero-order valence-corrected chi connectivity index (χ0v) is 18.7. The molecule has 0 aromatic heterocycles. The predicted octanol–water partition coefficient (Wildman–Crippen LogP) is 8.13. The Hall–Kier alpha value is -0.0400. The normalized spacial score (nSPS) is 19.7. The van der Waals surface area contributed by atoms with Crippen LogP contribution in [0.2, 0.25) is 0 Å². The third-order valence-corrected chi connectivity index (χ3v) is 6.85. The Kier molecular flexibility index (Phi) is 15.8. The van der Waals surface area contributed by atoms with Crippen molar-refractivity contribution in [1.29, 1.82) is 0 Å². The third kappa shape index (κ3) is 13.2. The predicted molar refractivity (Wildman–Crippen MR) is 119 cm³/mol. The van der Waals surface area contributed by atoms with Crippen molar-refractivity contribution in [3.05, 3.63) is 0 Å². The Morgan fingerprint density at radius 1 is 0.692 bits per heavy atom. The van der Waals surface area contributed by atoms with Crippen LogP contribution in [0.25, 0.3) is 0 Å². The van der Waals surface area contributed by atoms with Gasteiger partial charge in [0.05, 0.1) is 0 Å². The van der Waals surface area contributed by atoms with Crippen LogP contribution < -0.4 is 5.32 Å². The molecule has 0 aromatic carbocycles. The van der Waals surface area contributed by atoms with E-state index in [1.807, 2.05) is 0 Å². The Labute approximate surface area is 166 Å². The van der Waals surface area contributed by atoms with Crippen LogP contribution in [0, 0.1) is 17.8 Å². The largest absolute Gasteiger partial charge is 0.316 e. The van der Waals surface area contributed by atoms with Gasteiger partial charge in [-0.05, 0) is 43.7 Å². The van der Waals surface area contributed by atoms with Crippen LogP contribution in [0.1, 0.15) is 130 Å². The van der Waals surface area contributed by atoms with E-state index in [2.05, 4.69) is 26.1 Å². The Morgan fingerprint density at radius 3 is 1.65 bits per heavy atom. The summed E-state index contributed by atoms with van der Waals surface area (Å²) in [6.07, 6.45) is 24.9. The van der Waals surface area contributed by atoms with Crippen LogP contribution in [0.15, 0.2) is 0 Å². The lowest BCUT2D eigenvalue weighted by Crippen LogP contribution is -2.15. The summed E-state index contributed by atoms with van der Waals surface area (Å²) in [5, 5.41) is 3.51. The van der Waals surface area contributed by atoms with E-state index in [-0.39, 0.29) is 0 Å². The van der Waals surface area contributed by atoms with Gasteiger partial charge in [0.15, 0.2) is 0 Å². The third-order valence-electron chi connectivity index (χ3n) is 6.85. The highest BCUT2D eigenvalue weighted by molar-refractivity contribution is 4.75. The first-order chi connectivity index (χ1) is 12.7. The van der Waals surface area contributed by atoms with Gasteiger partial charge in [0.1, 0.15) is 0 Å². The fraction of sp³-hybridized carbons (Fsp3) is 1.00. The van der Waals surface area contributed by atoms with Crippen molar-refractivity contribution in [2.75, 3.05) is 13.1 Å². The first kappa shape index (κ1) is 24.0. The summed E-state index contributed by atoms with van der Waals surface area (Å²) in [4.78, 5) is 0. The average molecular weight is 366 g/mol. The zero-order chi connectivity index (χ0) is 18.9. The van der Waals surface area contributed by atoms with Crippen molar-refractivity contribution >= 4 is 0 Å². The summed E-state index contributed by atoms with van der Waals surface area (Å²) >= 11 is 0. The maximum atomic E-state index is 3.51. The van der Waals surface area contributed by atoms with Gasteiger partial charge in [0, 0.05) is 0 Å². The van der Waals surface area contributed by atoms with Crippen LogP contribution in [0.4, 0.5) is 0 Å². The molecule has 0 aliphatic carbocycles. The van der Waals surface area contributed by atoms with Crippen LogP contribution in [-0.4, -0.2) is 13.1 Å². The molecule has 3 atom stereocenters. The van der Waals surface area contributed by atoms with Crippen molar-refractivity contribution < 1.29 is 0 Å². The van der Waals surface area contributed by atoms with Gasteiger partial charge < -0.3 is 5.32 Å². The second-order valence-electron chi connectivity index (χ2n) is 9.43. The topological polar surface area (TPSA) is 12.0 Å². The lowest BCUT2D eigenvalue weighted by molar-refractivity contribution is 0.292. The summed E-state index contributed by atoms with van der Waals surface area (Å²) in [7, 11) is 0.